The van der Waals surface area contributed by atoms with E-state index >= 15 is 0 Å². The van der Waals surface area contributed by atoms with Gasteiger partial charge < -0.3 is 14.6 Å². The Kier molecular flexibility index (Phi) is 4.14. The molecule has 1 N–H and O–H groups in total. The van der Waals surface area contributed by atoms with Crippen molar-refractivity contribution in [3.8, 4) is 0 Å². The number of piperidine rings is 1. The molecule has 3 aliphatic rings. The number of hydrogen-bond donors (Lipinski definition) is 1. The highest BCUT2D eigenvalue weighted by molar-refractivity contribution is 5.81. The fourth-order valence-electron chi connectivity index (χ4n) is 4.10. The van der Waals surface area contributed by atoms with Crippen LogP contribution in [0.5, 0.6) is 0 Å². The maximum atomic E-state index is 12.4. The maximum absolute atomic E-state index is 12.4. The lowest BCUT2D eigenvalue weighted by Gasteiger charge is -2.37. The highest BCUT2D eigenvalue weighted by Gasteiger charge is 2.34. The van der Waals surface area contributed by atoms with Gasteiger partial charge in [-0.25, -0.2) is 4.98 Å². The van der Waals surface area contributed by atoms with Gasteiger partial charge in [0.15, 0.2) is 0 Å². The van der Waals surface area contributed by atoms with E-state index in [1.165, 1.54) is 0 Å². The molecular formula is C17H24N4O3. The molecule has 2 fully saturated rings. The normalized spacial score (nSPS) is 25.2. The molecule has 7 nitrogen and oxygen atoms in total. The average molecular weight is 332 g/mol. The minimum absolute atomic E-state index is 0.00834. The van der Waals surface area contributed by atoms with E-state index in [4.69, 9.17) is 4.74 Å². The molecule has 1 aromatic heterocycles. The number of fused-ring (bicyclic) bond motifs is 1. The van der Waals surface area contributed by atoms with Crippen LogP contribution in [0, 0.1) is 6.92 Å². The number of carbonyl (C=O) groups is 1. The number of hydrogen-bond acceptors (Lipinski definition) is 5. The Hall–Kier alpha value is -1.73. The molecule has 7 heteroatoms. The topological polar surface area (TPSA) is 78.5 Å². The molecule has 24 heavy (non-hydrogen) atoms. The van der Waals surface area contributed by atoms with Crippen LogP contribution < -0.4 is 5.56 Å². The lowest BCUT2D eigenvalue weighted by molar-refractivity contribution is -0.142. The number of nitrogens with one attached hydrogen (secondary N) is 1. The van der Waals surface area contributed by atoms with Crippen LogP contribution in [0.25, 0.3) is 0 Å². The molecular weight excluding hydrogens is 308 g/mol. The van der Waals surface area contributed by atoms with Crippen molar-refractivity contribution in [3.05, 3.63) is 27.4 Å². The van der Waals surface area contributed by atoms with Gasteiger partial charge in [-0.3, -0.25) is 14.5 Å². The second-order valence-corrected chi connectivity index (χ2v) is 7.04. The van der Waals surface area contributed by atoms with Crippen molar-refractivity contribution in [2.75, 3.05) is 19.7 Å². The fraction of sp³-hybridized carbons (Fsp3) is 0.706. The molecule has 0 aromatic carbocycles. The van der Waals surface area contributed by atoms with E-state index in [-0.39, 0.29) is 17.6 Å². The second-order valence-electron chi connectivity index (χ2n) is 7.04. The van der Waals surface area contributed by atoms with E-state index in [1.807, 2.05) is 11.8 Å². The Morgan fingerprint density at radius 2 is 2.04 bits per heavy atom. The molecule has 0 radical (unpaired) electrons. The number of aromatic nitrogens is 2. The zero-order valence-corrected chi connectivity index (χ0v) is 14.1. The number of aromatic amines is 1. The van der Waals surface area contributed by atoms with Gasteiger partial charge in [-0.05, 0) is 32.6 Å². The molecule has 2 saturated heterocycles. The van der Waals surface area contributed by atoms with Gasteiger partial charge in [0, 0.05) is 38.8 Å². The fourth-order valence-corrected chi connectivity index (χ4v) is 4.10. The van der Waals surface area contributed by atoms with Gasteiger partial charge >= 0.3 is 0 Å². The number of rotatable bonds is 2. The van der Waals surface area contributed by atoms with Gasteiger partial charge in [0.2, 0.25) is 0 Å². The Morgan fingerprint density at radius 1 is 1.25 bits per heavy atom. The largest absolute Gasteiger partial charge is 0.368 e. The highest BCUT2D eigenvalue weighted by Crippen LogP contribution is 2.26. The number of carbonyl (C=O) groups excluding carboxylic acids is 1. The van der Waals surface area contributed by atoms with Crippen molar-refractivity contribution < 1.29 is 9.53 Å². The molecule has 3 aliphatic heterocycles. The number of nitrogens with zero attached hydrogens (tertiary/aromatic N) is 3. The van der Waals surface area contributed by atoms with E-state index in [2.05, 4.69) is 14.9 Å². The van der Waals surface area contributed by atoms with E-state index in [0.29, 0.717) is 25.0 Å². The summed E-state index contributed by atoms with van der Waals surface area (Å²) < 4.78 is 5.51. The molecule has 4 rings (SSSR count). The first kappa shape index (κ1) is 15.8. The molecule has 130 valence electrons. The first-order valence-electron chi connectivity index (χ1n) is 8.85. The first-order chi connectivity index (χ1) is 11.6. The molecule has 1 aromatic rings. The van der Waals surface area contributed by atoms with E-state index in [0.717, 1.165) is 56.6 Å². The average Bonchev–Trinajstić information content (AvgIpc) is 3.24. The standard InChI is InChI=1S/C17H24N4O3/c1-11-18-14-10-21(9-13(14)16(22)19-11)12-4-6-20(7-5-12)17(23)15-3-2-8-24-15/h12,15H,2-10H2,1H3,(H,18,19,22). The number of ether oxygens (including phenoxy) is 1. The maximum Gasteiger partial charge on any atom is 0.255 e. The molecule has 0 spiro atoms. The number of amides is 1. The van der Waals surface area contributed by atoms with E-state index < -0.39 is 0 Å². The van der Waals surface area contributed by atoms with Gasteiger partial charge in [0.05, 0.1) is 11.3 Å². The van der Waals surface area contributed by atoms with Crippen molar-refractivity contribution in [3.63, 3.8) is 0 Å². The summed E-state index contributed by atoms with van der Waals surface area (Å²) >= 11 is 0. The van der Waals surface area contributed by atoms with Crippen LogP contribution in [-0.4, -0.2) is 57.5 Å². The first-order valence-corrected chi connectivity index (χ1v) is 8.85. The second kappa shape index (κ2) is 6.29. The van der Waals surface area contributed by atoms with Crippen LogP contribution in [0.4, 0.5) is 0 Å². The molecule has 1 unspecified atom stereocenters. The predicted octanol–water partition coefficient (Wildman–Crippen LogP) is 0.564. The van der Waals surface area contributed by atoms with Crippen LogP contribution in [0.2, 0.25) is 0 Å². The number of aryl methyl sites for hydroxylation is 1. The Morgan fingerprint density at radius 3 is 2.75 bits per heavy atom. The monoisotopic (exact) mass is 332 g/mol. The minimum atomic E-state index is -0.219. The summed E-state index contributed by atoms with van der Waals surface area (Å²) in [7, 11) is 0. The van der Waals surface area contributed by atoms with E-state index in [1.54, 1.807) is 0 Å². The summed E-state index contributed by atoms with van der Waals surface area (Å²) in [6, 6.07) is 0.410. The van der Waals surface area contributed by atoms with Gasteiger partial charge in [-0.2, -0.15) is 0 Å². The Bertz CT molecular complexity index is 688. The summed E-state index contributed by atoms with van der Waals surface area (Å²) in [5.41, 5.74) is 1.71. The summed E-state index contributed by atoms with van der Waals surface area (Å²) in [6.07, 6.45) is 3.52. The van der Waals surface area contributed by atoms with Crippen LogP contribution in [0.3, 0.4) is 0 Å². The minimum Gasteiger partial charge on any atom is -0.368 e. The summed E-state index contributed by atoms with van der Waals surface area (Å²) in [5, 5.41) is 0. The van der Waals surface area contributed by atoms with Gasteiger partial charge in [-0.1, -0.05) is 0 Å². The quantitative estimate of drug-likeness (QED) is 0.856. The molecule has 4 heterocycles. The zero-order chi connectivity index (χ0) is 16.7. The Balaban J connectivity index is 1.36. The lowest BCUT2D eigenvalue weighted by atomic mass is 10.0. The third-order valence-corrected chi connectivity index (χ3v) is 5.43. The van der Waals surface area contributed by atoms with Crippen LogP contribution in [0.15, 0.2) is 4.79 Å². The van der Waals surface area contributed by atoms with Crippen molar-refractivity contribution in [2.24, 2.45) is 0 Å². The molecule has 1 atom stereocenters. The third kappa shape index (κ3) is 2.86. The summed E-state index contributed by atoms with van der Waals surface area (Å²) in [6.45, 7) is 5.49. The number of H-pyrrole nitrogens is 1. The highest BCUT2D eigenvalue weighted by atomic mass is 16.5. The van der Waals surface area contributed by atoms with Crippen molar-refractivity contribution in [2.45, 2.75) is 57.8 Å². The molecule has 0 saturated carbocycles. The summed E-state index contributed by atoms with van der Waals surface area (Å²) in [4.78, 5) is 36.0. The van der Waals surface area contributed by atoms with Crippen molar-refractivity contribution in [1.29, 1.82) is 0 Å². The van der Waals surface area contributed by atoms with Gasteiger partial charge in [0.25, 0.3) is 11.5 Å². The van der Waals surface area contributed by atoms with Crippen LogP contribution >= 0.6 is 0 Å². The predicted molar refractivity (Wildman–Crippen MR) is 87.4 cm³/mol. The molecule has 0 aliphatic carbocycles. The molecule has 0 bridgehead atoms. The van der Waals surface area contributed by atoms with Crippen LogP contribution in [0.1, 0.15) is 42.8 Å². The third-order valence-electron chi connectivity index (χ3n) is 5.43. The smallest absolute Gasteiger partial charge is 0.255 e. The van der Waals surface area contributed by atoms with Crippen molar-refractivity contribution >= 4 is 5.91 Å². The molecule has 1 amide bonds. The Labute approximate surface area is 141 Å². The van der Waals surface area contributed by atoms with Gasteiger partial charge in [-0.15, -0.1) is 0 Å². The van der Waals surface area contributed by atoms with E-state index in [9.17, 15) is 9.59 Å². The lowest BCUT2D eigenvalue weighted by Crippen LogP contribution is -2.48. The van der Waals surface area contributed by atoms with Gasteiger partial charge in [0.1, 0.15) is 11.9 Å². The summed E-state index contributed by atoms with van der Waals surface area (Å²) in [5.74, 6) is 0.835. The number of likely N-dealkylation sites (tertiary alicyclic amines) is 1. The zero-order valence-electron chi connectivity index (χ0n) is 14.1. The van der Waals surface area contributed by atoms with Crippen LogP contribution in [-0.2, 0) is 22.6 Å². The van der Waals surface area contributed by atoms with Crippen molar-refractivity contribution in [1.82, 2.24) is 19.8 Å². The SMILES string of the molecule is Cc1nc2c(c(=O)[nH]1)CN(C1CCN(C(=O)C3CCCO3)CC1)C2.